The van der Waals surface area contributed by atoms with Gasteiger partial charge in [0.1, 0.15) is 0 Å². The first-order valence-corrected chi connectivity index (χ1v) is 4.30. The van der Waals surface area contributed by atoms with Crippen molar-refractivity contribution >= 4 is 5.69 Å². The fraction of sp³-hybridized carbons (Fsp3) is 0.444. The highest BCUT2D eigenvalue weighted by Crippen LogP contribution is 2.20. The van der Waals surface area contributed by atoms with Crippen LogP contribution in [0.4, 0.5) is 5.69 Å². The summed E-state index contributed by atoms with van der Waals surface area (Å²) in [6.07, 6.45) is 3.79. The number of nitrogens with zero attached hydrogens (tertiary/aromatic N) is 2. The molecule has 1 N–H and O–H groups in total. The smallest absolute Gasteiger partial charge is 0.0684 e. The lowest BCUT2D eigenvalue weighted by Gasteiger charge is -2.30. The van der Waals surface area contributed by atoms with E-state index in [9.17, 15) is 0 Å². The Morgan fingerprint density at radius 3 is 3.42 bits per heavy atom. The van der Waals surface area contributed by atoms with Crippen molar-refractivity contribution in [2.75, 3.05) is 18.1 Å². The zero-order chi connectivity index (χ0) is 8.39. The van der Waals surface area contributed by atoms with E-state index in [1.54, 1.807) is 0 Å². The van der Waals surface area contributed by atoms with E-state index in [-0.39, 0.29) is 0 Å². The van der Waals surface area contributed by atoms with Gasteiger partial charge < -0.3 is 4.90 Å². The molecule has 0 radical (unpaired) electrons. The SMILES string of the molecule is CCN1CNCc2cnccc21. The molecule has 0 saturated heterocycles. The van der Waals surface area contributed by atoms with Crippen molar-refractivity contribution in [1.29, 1.82) is 0 Å². The Morgan fingerprint density at radius 2 is 2.58 bits per heavy atom. The largest absolute Gasteiger partial charge is 0.359 e. The van der Waals surface area contributed by atoms with Gasteiger partial charge in [-0.15, -0.1) is 0 Å². The van der Waals surface area contributed by atoms with Gasteiger partial charge in [-0.05, 0) is 13.0 Å². The standard InChI is InChI=1S/C9H13N3/c1-2-12-7-11-6-8-5-10-4-3-9(8)12/h3-5,11H,2,6-7H2,1H3. The summed E-state index contributed by atoms with van der Waals surface area (Å²) in [4.78, 5) is 6.41. The molecular weight excluding hydrogens is 150 g/mol. The van der Waals surface area contributed by atoms with E-state index < -0.39 is 0 Å². The van der Waals surface area contributed by atoms with Gasteiger partial charge in [0.25, 0.3) is 0 Å². The molecule has 0 spiro atoms. The molecule has 0 unspecified atom stereocenters. The number of fused-ring (bicyclic) bond motifs is 1. The topological polar surface area (TPSA) is 28.2 Å². The molecule has 0 atom stereocenters. The molecular formula is C9H13N3. The molecule has 0 bridgehead atoms. The lowest BCUT2D eigenvalue weighted by Crippen LogP contribution is -2.38. The fourth-order valence-electron chi connectivity index (χ4n) is 1.56. The molecule has 12 heavy (non-hydrogen) atoms. The Kier molecular flexibility index (Phi) is 1.96. The molecule has 2 heterocycles. The minimum atomic E-state index is 0.944. The minimum absolute atomic E-state index is 0.944. The van der Waals surface area contributed by atoms with Crippen LogP contribution in [0.15, 0.2) is 18.5 Å². The lowest BCUT2D eigenvalue weighted by atomic mass is 10.2. The number of anilines is 1. The van der Waals surface area contributed by atoms with Crippen molar-refractivity contribution in [2.45, 2.75) is 13.5 Å². The molecule has 0 fully saturated rings. The van der Waals surface area contributed by atoms with E-state index in [1.807, 2.05) is 12.4 Å². The van der Waals surface area contributed by atoms with Crippen LogP contribution < -0.4 is 10.2 Å². The van der Waals surface area contributed by atoms with Crippen molar-refractivity contribution in [3.8, 4) is 0 Å². The zero-order valence-corrected chi connectivity index (χ0v) is 7.25. The first kappa shape index (κ1) is 7.55. The maximum Gasteiger partial charge on any atom is 0.0684 e. The van der Waals surface area contributed by atoms with E-state index >= 15 is 0 Å². The second-order valence-corrected chi connectivity index (χ2v) is 2.95. The molecule has 3 nitrogen and oxygen atoms in total. The third-order valence-electron chi connectivity index (χ3n) is 2.22. The van der Waals surface area contributed by atoms with E-state index in [0.29, 0.717) is 0 Å². The average Bonchev–Trinajstić information content (AvgIpc) is 2.17. The molecule has 2 rings (SSSR count). The molecule has 0 aliphatic carbocycles. The van der Waals surface area contributed by atoms with E-state index in [0.717, 1.165) is 19.8 Å². The number of aromatic nitrogens is 1. The Labute approximate surface area is 72.4 Å². The molecule has 0 aromatic carbocycles. The summed E-state index contributed by atoms with van der Waals surface area (Å²) in [6, 6.07) is 2.08. The van der Waals surface area contributed by atoms with Crippen LogP contribution in [0.25, 0.3) is 0 Å². The summed E-state index contributed by atoms with van der Waals surface area (Å²) in [5, 5.41) is 3.33. The monoisotopic (exact) mass is 163 g/mol. The van der Waals surface area contributed by atoms with Crippen molar-refractivity contribution in [3.05, 3.63) is 24.0 Å². The zero-order valence-electron chi connectivity index (χ0n) is 7.25. The third-order valence-corrected chi connectivity index (χ3v) is 2.22. The summed E-state index contributed by atoms with van der Waals surface area (Å²) in [7, 11) is 0. The van der Waals surface area contributed by atoms with Gasteiger partial charge in [-0.1, -0.05) is 0 Å². The van der Waals surface area contributed by atoms with Gasteiger partial charge in [0, 0.05) is 36.7 Å². The van der Waals surface area contributed by atoms with Crippen LogP contribution in [0.5, 0.6) is 0 Å². The predicted molar refractivity (Wildman–Crippen MR) is 49.0 cm³/mol. The van der Waals surface area contributed by atoms with Crippen molar-refractivity contribution in [3.63, 3.8) is 0 Å². The number of pyridine rings is 1. The quantitative estimate of drug-likeness (QED) is 0.668. The number of rotatable bonds is 1. The van der Waals surface area contributed by atoms with Gasteiger partial charge in [0.2, 0.25) is 0 Å². The van der Waals surface area contributed by atoms with Crippen LogP contribution in [-0.4, -0.2) is 18.2 Å². The number of hydrogen-bond acceptors (Lipinski definition) is 3. The Hall–Kier alpha value is -1.09. The van der Waals surface area contributed by atoms with Gasteiger partial charge in [-0.3, -0.25) is 10.3 Å². The summed E-state index contributed by atoms with van der Waals surface area (Å²) in [5.74, 6) is 0. The van der Waals surface area contributed by atoms with Crippen molar-refractivity contribution < 1.29 is 0 Å². The van der Waals surface area contributed by atoms with Gasteiger partial charge >= 0.3 is 0 Å². The van der Waals surface area contributed by atoms with Gasteiger partial charge in [-0.25, -0.2) is 0 Å². The third kappa shape index (κ3) is 1.16. The molecule has 1 aliphatic heterocycles. The van der Waals surface area contributed by atoms with Crippen LogP contribution >= 0.6 is 0 Å². The summed E-state index contributed by atoms with van der Waals surface area (Å²) in [5.41, 5.74) is 2.62. The Bertz CT molecular complexity index is 272. The second-order valence-electron chi connectivity index (χ2n) is 2.95. The van der Waals surface area contributed by atoms with Crippen LogP contribution in [0.2, 0.25) is 0 Å². The molecule has 3 heteroatoms. The maximum atomic E-state index is 4.10. The molecule has 1 aliphatic rings. The van der Waals surface area contributed by atoms with Crippen LogP contribution in [-0.2, 0) is 6.54 Å². The normalized spacial score (nSPS) is 15.9. The van der Waals surface area contributed by atoms with E-state index in [4.69, 9.17) is 0 Å². The second kappa shape index (κ2) is 3.11. The number of hydrogen-bond donors (Lipinski definition) is 1. The maximum absolute atomic E-state index is 4.10. The van der Waals surface area contributed by atoms with E-state index in [1.165, 1.54) is 11.3 Å². The lowest BCUT2D eigenvalue weighted by molar-refractivity contribution is 0.620. The van der Waals surface area contributed by atoms with Crippen molar-refractivity contribution in [1.82, 2.24) is 10.3 Å². The molecule has 1 aromatic heterocycles. The fourth-order valence-corrected chi connectivity index (χ4v) is 1.56. The van der Waals surface area contributed by atoms with Crippen LogP contribution in [0.1, 0.15) is 12.5 Å². The van der Waals surface area contributed by atoms with Crippen molar-refractivity contribution in [2.24, 2.45) is 0 Å². The summed E-state index contributed by atoms with van der Waals surface area (Å²) >= 11 is 0. The Morgan fingerprint density at radius 1 is 1.67 bits per heavy atom. The van der Waals surface area contributed by atoms with Gasteiger partial charge in [0.05, 0.1) is 6.67 Å². The highest BCUT2D eigenvalue weighted by molar-refractivity contribution is 5.53. The van der Waals surface area contributed by atoms with E-state index in [2.05, 4.69) is 28.2 Å². The molecule has 0 saturated carbocycles. The van der Waals surface area contributed by atoms with Crippen LogP contribution in [0, 0.1) is 0 Å². The van der Waals surface area contributed by atoms with Crippen LogP contribution in [0.3, 0.4) is 0 Å². The molecule has 0 amide bonds. The highest BCUT2D eigenvalue weighted by atomic mass is 15.2. The first-order chi connectivity index (χ1) is 5.92. The first-order valence-electron chi connectivity index (χ1n) is 4.30. The minimum Gasteiger partial charge on any atom is -0.359 e. The average molecular weight is 163 g/mol. The highest BCUT2D eigenvalue weighted by Gasteiger charge is 2.13. The molecule has 64 valence electrons. The summed E-state index contributed by atoms with van der Waals surface area (Å²) in [6.45, 7) is 5.11. The van der Waals surface area contributed by atoms with Gasteiger partial charge in [-0.2, -0.15) is 0 Å². The molecule has 1 aromatic rings. The summed E-state index contributed by atoms with van der Waals surface area (Å²) < 4.78 is 0. The number of nitrogens with one attached hydrogen (secondary N) is 1. The predicted octanol–water partition coefficient (Wildman–Crippen LogP) is 0.969. The Balaban J connectivity index is 2.37. The van der Waals surface area contributed by atoms with Gasteiger partial charge in [0.15, 0.2) is 0 Å².